The van der Waals surface area contributed by atoms with Gasteiger partial charge in [-0.15, -0.1) is 0 Å². The molecule has 1 aliphatic rings. The third-order valence-electron chi connectivity index (χ3n) is 4.42. The Bertz CT molecular complexity index is 377. The molecule has 0 bridgehead atoms. The van der Waals surface area contributed by atoms with E-state index in [0.29, 0.717) is 18.5 Å². The lowest BCUT2D eigenvalue weighted by Crippen LogP contribution is -2.24. The van der Waals surface area contributed by atoms with Crippen molar-refractivity contribution in [2.45, 2.75) is 77.8 Å². The number of rotatable bonds is 6. The van der Waals surface area contributed by atoms with Gasteiger partial charge in [0.05, 0.1) is 6.54 Å². The van der Waals surface area contributed by atoms with Crippen LogP contribution >= 0.6 is 0 Å². The topological polar surface area (TPSA) is 51.0 Å². The fourth-order valence-corrected chi connectivity index (χ4v) is 2.81. The highest BCUT2D eigenvalue weighted by atomic mass is 16.5. The number of aromatic nitrogens is 2. The second-order valence-corrected chi connectivity index (χ2v) is 5.87. The van der Waals surface area contributed by atoms with Crippen molar-refractivity contribution in [3.8, 4) is 0 Å². The van der Waals surface area contributed by atoms with Gasteiger partial charge < -0.3 is 9.84 Å². The molecule has 0 spiro atoms. The minimum absolute atomic E-state index is 0.495. The molecule has 3 atom stereocenters. The van der Waals surface area contributed by atoms with Crippen LogP contribution < -0.4 is 5.32 Å². The van der Waals surface area contributed by atoms with Crippen molar-refractivity contribution in [2.75, 3.05) is 0 Å². The van der Waals surface area contributed by atoms with E-state index in [0.717, 1.165) is 24.1 Å². The van der Waals surface area contributed by atoms with Gasteiger partial charge in [-0.2, -0.15) is 4.98 Å². The van der Waals surface area contributed by atoms with E-state index < -0.39 is 0 Å². The third-order valence-corrected chi connectivity index (χ3v) is 4.42. The van der Waals surface area contributed by atoms with Gasteiger partial charge in [0.15, 0.2) is 5.82 Å². The Labute approximate surface area is 116 Å². The molecule has 4 nitrogen and oxygen atoms in total. The molecule has 1 saturated carbocycles. The summed E-state index contributed by atoms with van der Waals surface area (Å²) in [5.41, 5.74) is 0. The van der Waals surface area contributed by atoms with Crippen molar-refractivity contribution in [2.24, 2.45) is 5.92 Å². The van der Waals surface area contributed by atoms with Gasteiger partial charge in [0.1, 0.15) is 0 Å². The maximum atomic E-state index is 5.36. The first-order valence-corrected chi connectivity index (χ1v) is 7.78. The maximum Gasteiger partial charge on any atom is 0.240 e. The maximum absolute atomic E-state index is 5.36. The van der Waals surface area contributed by atoms with Crippen LogP contribution in [-0.4, -0.2) is 16.2 Å². The Balaban J connectivity index is 1.89. The largest absolute Gasteiger partial charge is 0.338 e. The number of nitrogens with zero attached hydrogens (tertiary/aromatic N) is 2. The van der Waals surface area contributed by atoms with E-state index in [-0.39, 0.29) is 0 Å². The highest BCUT2D eigenvalue weighted by Crippen LogP contribution is 2.36. The Morgan fingerprint density at radius 1 is 1.37 bits per heavy atom. The van der Waals surface area contributed by atoms with Crippen molar-refractivity contribution in [1.29, 1.82) is 0 Å². The SMILES string of the molecule is CCC1CCCC(c2noc(CNC(C)CC)n2)C1. The van der Waals surface area contributed by atoms with Crippen molar-refractivity contribution in [3.63, 3.8) is 0 Å². The summed E-state index contributed by atoms with van der Waals surface area (Å²) in [6, 6.07) is 0.495. The molecule has 1 fully saturated rings. The van der Waals surface area contributed by atoms with Crippen LogP contribution in [-0.2, 0) is 6.54 Å². The summed E-state index contributed by atoms with van der Waals surface area (Å²) in [6.07, 6.45) is 7.51. The van der Waals surface area contributed by atoms with Crippen molar-refractivity contribution in [1.82, 2.24) is 15.5 Å². The average molecular weight is 265 g/mol. The first-order chi connectivity index (χ1) is 9.22. The summed E-state index contributed by atoms with van der Waals surface area (Å²) in [7, 11) is 0. The molecule has 0 saturated heterocycles. The molecular weight excluding hydrogens is 238 g/mol. The van der Waals surface area contributed by atoms with Gasteiger partial charge in [-0.05, 0) is 32.1 Å². The quantitative estimate of drug-likeness (QED) is 0.853. The fourth-order valence-electron chi connectivity index (χ4n) is 2.81. The van der Waals surface area contributed by atoms with Gasteiger partial charge in [-0.3, -0.25) is 0 Å². The molecule has 1 N–H and O–H groups in total. The summed E-state index contributed by atoms with van der Waals surface area (Å²) < 4.78 is 5.36. The number of nitrogens with one attached hydrogen (secondary N) is 1. The molecule has 0 radical (unpaired) electrons. The number of hydrogen-bond donors (Lipinski definition) is 1. The summed E-state index contributed by atoms with van der Waals surface area (Å²) in [6.45, 7) is 7.31. The lowest BCUT2D eigenvalue weighted by molar-refractivity contribution is 0.297. The fraction of sp³-hybridized carbons (Fsp3) is 0.867. The zero-order chi connectivity index (χ0) is 13.7. The summed E-state index contributed by atoms with van der Waals surface area (Å²) in [5, 5.41) is 7.57. The molecule has 1 aromatic rings. The van der Waals surface area contributed by atoms with Gasteiger partial charge >= 0.3 is 0 Å². The van der Waals surface area contributed by atoms with E-state index in [1.807, 2.05) is 0 Å². The second kappa shape index (κ2) is 7.04. The van der Waals surface area contributed by atoms with Crippen LogP contribution in [0.2, 0.25) is 0 Å². The standard InChI is InChI=1S/C15H27N3O/c1-4-11(3)16-10-14-17-15(18-19-14)13-8-6-7-12(5-2)9-13/h11-13,16H,4-10H2,1-3H3. The Morgan fingerprint density at radius 2 is 2.21 bits per heavy atom. The molecular formula is C15H27N3O. The highest BCUT2D eigenvalue weighted by molar-refractivity contribution is 4.98. The molecule has 2 rings (SSSR count). The summed E-state index contributed by atoms with van der Waals surface area (Å²) >= 11 is 0. The van der Waals surface area contributed by atoms with Gasteiger partial charge in [0, 0.05) is 12.0 Å². The van der Waals surface area contributed by atoms with Crippen LogP contribution in [0, 0.1) is 5.92 Å². The predicted octanol–water partition coefficient (Wildman–Crippen LogP) is 3.64. The molecule has 108 valence electrons. The van der Waals surface area contributed by atoms with Gasteiger partial charge in [-0.25, -0.2) is 0 Å². The van der Waals surface area contributed by atoms with Crippen molar-refractivity contribution >= 4 is 0 Å². The summed E-state index contributed by atoms with van der Waals surface area (Å²) in [5.74, 6) is 3.02. The van der Waals surface area contributed by atoms with Crippen LogP contribution in [0.15, 0.2) is 4.52 Å². The smallest absolute Gasteiger partial charge is 0.240 e. The summed E-state index contributed by atoms with van der Waals surface area (Å²) in [4.78, 5) is 4.57. The van der Waals surface area contributed by atoms with Crippen molar-refractivity contribution in [3.05, 3.63) is 11.7 Å². The first-order valence-electron chi connectivity index (χ1n) is 7.78. The third kappa shape index (κ3) is 4.03. The second-order valence-electron chi connectivity index (χ2n) is 5.87. The average Bonchev–Trinajstić information content (AvgIpc) is 2.93. The van der Waals surface area contributed by atoms with Crippen LogP contribution in [0.3, 0.4) is 0 Å². The monoisotopic (exact) mass is 265 g/mol. The minimum Gasteiger partial charge on any atom is -0.338 e. The van der Waals surface area contributed by atoms with E-state index in [4.69, 9.17) is 4.52 Å². The van der Waals surface area contributed by atoms with Crippen LogP contribution in [0.4, 0.5) is 0 Å². The Morgan fingerprint density at radius 3 is 2.95 bits per heavy atom. The highest BCUT2D eigenvalue weighted by Gasteiger charge is 2.25. The van der Waals surface area contributed by atoms with Gasteiger partial charge in [-0.1, -0.05) is 38.3 Å². The molecule has 0 aromatic carbocycles. The Hall–Kier alpha value is -0.900. The van der Waals surface area contributed by atoms with Crippen LogP contribution in [0.25, 0.3) is 0 Å². The molecule has 0 amide bonds. The van der Waals surface area contributed by atoms with Crippen molar-refractivity contribution < 1.29 is 4.52 Å². The van der Waals surface area contributed by atoms with E-state index in [1.54, 1.807) is 0 Å². The first kappa shape index (κ1) is 14.5. The number of hydrogen-bond acceptors (Lipinski definition) is 4. The Kier molecular flexibility index (Phi) is 5.37. The van der Waals surface area contributed by atoms with E-state index in [1.165, 1.54) is 32.1 Å². The van der Waals surface area contributed by atoms with Crippen LogP contribution in [0.5, 0.6) is 0 Å². The molecule has 4 heteroatoms. The lowest BCUT2D eigenvalue weighted by atomic mass is 9.80. The molecule has 19 heavy (non-hydrogen) atoms. The van der Waals surface area contributed by atoms with E-state index in [2.05, 4.69) is 36.2 Å². The molecule has 1 aromatic heterocycles. The van der Waals surface area contributed by atoms with Gasteiger partial charge in [0.2, 0.25) is 5.89 Å². The molecule has 0 aliphatic heterocycles. The minimum atomic E-state index is 0.495. The molecule has 1 aliphatic carbocycles. The normalized spacial score (nSPS) is 25.4. The molecule has 3 unspecified atom stereocenters. The predicted molar refractivity (Wildman–Crippen MR) is 75.9 cm³/mol. The van der Waals surface area contributed by atoms with Gasteiger partial charge in [0.25, 0.3) is 0 Å². The lowest BCUT2D eigenvalue weighted by Gasteiger charge is -2.26. The van der Waals surface area contributed by atoms with Crippen LogP contribution in [0.1, 0.15) is 76.9 Å². The zero-order valence-electron chi connectivity index (χ0n) is 12.5. The van der Waals surface area contributed by atoms with E-state index in [9.17, 15) is 0 Å². The zero-order valence-corrected chi connectivity index (χ0v) is 12.5. The van der Waals surface area contributed by atoms with E-state index >= 15 is 0 Å². The molecule has 1 heterocycles.